The normalized spacial score (nSPS) is 20.3. The second kappa shape index (κ2) is 6.93. The molecule has 8 nitrogen and oxygen atoms in total. The van der Waals surface area contributed by atoms with Gasteiger partial charge in [0, 0.05) is 26.7 Å². The van der Waals surface area contributed by atoms with Crippen molar-refractivity contribution in [3.63, 3.8) is 0 Å². The molecule has 23 heavy (non-hydrogen) atoms. The highest BCUT2D eigenvalue weighted by molar-refractivity contribution is 5.78. The minimum atomic E-state index is 0.128. The molecule has 0 aromatic carbocycles. The van der Waals surface area contributed by atoms with Crippen LogP contribution in [-0.2, 0) is 4.74 Å². The van der Waals surface area contributed by atoms with Gasteiger partial charge in [-0.2, -0.15) is 9.97 Å². The van der Waals surface area contributed by atoms with Crippen molar-refractivity contribution in [2.45, 2.75) is 12.5 Å². The van der Waals surface area contributed by atoms with E-state index in [2.05, 4.69) is 26.3 Å². The Morgan fingerprint density at radius 3 is 2.91 bits per heavy atom. The highest BCUT2D eigenvalue weighted by atomic mass is 16.5. The minimum absolute atomic E-state index is 0.128. The zero-order valence-electron chi connectivity index (χ0n) is 13.3. The molecule has 2 atom stereocenters. The molecule has 0 radical (unpaired) electrons. The van der Waals surface area contributed by atoms with E-state index in [9.17, 15) is 5.11 Å². The molecule has 0 unspecified atom stereocenters. The third-order valence-electron chi connectivity index (χ3n) is 3.88. The van der Waals surface area contributed by atoms with E-state index in [4.69, 9.17) is 9.47 Å². The molecule has 1 aliphatic carbocycles. The van der Waals surface area contributed by atoms with Crippen molar-refractivity contribution in [1.82, 2.24) is 19.5 Å². The lowest BCUT2D eigenvalue weighted by molar-refractivity contribution is 0.144. The van der Waals surface area contributed by atoms with Crippen LogP contribution in [0.3, 0.4) is 0 Å². The summed E-state index contributed by atoms with van der Waals surface area (Å²) >= 11 is 0. The molecule has 0 aliphatic heterocycles. The van der Waals surface area contributed by atoms with Crippen molar-refractivity contribution in [1.29, 1.82) is 0 Å². The van der Waals surface area contributed by atoms with Crippen LogP contribution in [0.4, 0.5) is 5.95 Å². The van der Waals surface area contributed by atoms with Crippen LogP contribution < -0.4 is 10.1 Å². The van der Waals surface area contributed by atoms with Crippen molar-refractivity contribution in [2.24, 2.45) is 5.92 Å². The number of hydrogen-bond donors (Lipinski definition) is 2. The number of aliphatic hydroxyl groups is 1. The predicted octanol–water partition coefficient (Wildman–Crippen LogP) is 1.00. The van der Waals surface area contributed by atoms with Crippen LogP contribution in [0.2, 0.25) is 0 Å². The van der Waals surface area contributed by atoms with Crippen LogP contribution in [-0.4, -0.2) is 58.6 Å². The van der Waals surface area contributed by atoms with E-state index < -0.39 is 0 Å². The second-order valence-electron chi connectivity index (χ2n) is 5.40. The zero-order chi connectivity index (χ0) is 16.2. The SMILES string of the molecule is CNc1nc(OCCOC)c2ncn([C@H]3C=C[C@@H](CO)C3)c2n1. The highest BCUT2D eigenvalue weighted by Crippen LogP contribution is 2.31. The first-order valence-corrected chi connectivity index (χ1v) is 7.60. The third-order valence-corrected chi connectivity index (χ3v) is 3.88. The number of fused-ring (bicyclic) bond motifs is 1. The molecule has 3 rings (SSSR count). The van der Waals surface area contributed by atoms with E-state index in [1.165, 1.54) is 0 Å². The maximum absolute atomic E-state index is 9.30. The van der Waals surface area contributed by atoms with E-state index >= 15 is 0 Å². The van der Waals surface area contributed by atoms with Crippen LogP contribution in [0.25, 0.3) is 11.2 Å². The van der Waals surface area contributed by atoms with Gasteiger partial charge in [0.2, 0.25) is 11.8 Å². The summed E-state index contributed by atoms with van der Waals surface area (Å²) in [5.74, 6) is 1.10. The summed E-state index contributed by atoms with van der Waals surface area (Å²) in [6.45, 7) is 1.03. The molecule has 2 N–H and O–H groups in total. The predicted molar refractivity (Wildman–Crippen MR) is 85.6 cm³/mol. The largest absolute Gasteiger partial charge is 0.474 e. The molecule has 0 fully saturated rings. The fourth-order valence-corrected chi connectivity index (χ4v) is 2.66. The van der Waals surface area contributed by atoms with Crippen LogP contribution in [0.15, 0.2) is 18.5 Å². The number of nitrogens with one attached hydrogen (secondary N) is 1. The fraction of sp³-hybridized carbons (Fsp3) is 0.533. The van der Waals surface area contributed by atoms with Crippen LogP contribution in [0.1, 0.15) is 12.5 Å². The number of aromatic nitrogens is 4. The molecular weight excluding hydrogens is 298 g/mol. The lowest BCUT2D eigenvalue weighted by Gasteiger charge is -2.13. The van der Waals surface area contributed by atoms with Crippen molar-refractivity contribution in [3.05, 3.63) is 18.5 Å². The number of imidazole rings is 1. The average molecular weight is 319 g/mol. The Kier molecular flexibility index (Phi) is 4.73. The Bertz CT molecular complexity index is 700. The molecule has 2 aromatic rings. The van der Waals surface area contributed by atoms with Gasteiger partial charge in [0.05, 0.1) is 19.0 Å². The van der Waals surface area contributed by atoms with Crippen molar-refractivity contribution < 1.29 is 14.6 Å². The van der Waals surface area contributed by atoms with Gasteiger partial charge < -0.3 is 24.5 Å². The molecular formula is C15H21N5O3. The Morgan fingerprint density at radius 1 is 1.35 bits per heavy atom. The topological polar surface area (TPSA) is 94.3 Å². The standard InChI is InChI=1S/C15H21N5O3/c1-16-15-18-13-12(14(19-15)23-6-5-22-2)17-9-20(13)11-4-3-10(7-11)8-21/h3-4,9-11,21H,5-8H2,1-2H3,(H,16,18,19)/t10-,11+/m1/s1. The zero-order valence-corrected chi connectivity index (χ0v) is 13.3. The van der Waals surface area contributed by atoms with Crippen LogP contribution in [0, 0.1) is 5.92 Å². The van der Waals surface area contributed by atoms with E-state index in [0.29, 0.717) is 36.2 Å². The number of methoxy groups -OCH3 is 1. The maximum Gasteiger partial charge on any atom is 0.247 e. The summed E-state index contributed by atoms with van der Waals surface area (Å²) in [6.07, 6.45) is 6.69. The monoisotopic (exact) mass is 319 g/mol. The highest BCUT2D eigenvalue weighted by Gasteiger charge is 2.23. The number of aliphatic hydroxyl groups excluding tert-OH is 1. The molecule has 0 bridgehead atoms. The smallest absolute Gasteiger partial charge is 0.247 e. The van der Waals surface area contributed by atoms with E-state index in [-0.39, 0.29) is 18.6 Å². The number of allylic oxidation sites excluding steroid dienone is 1. The van der Waals surface area contributed by atoms with Gasteiger partial charge in [-0.3, -0.25) is 0 Å². The van der Waals surface area contributed by atoms with E-state index in [0.717, 1.165) is 6.42 Å². The molecule has 0 spiro atoms. The Morgan fingerprint density at radius 2 is 2.22 bits per heavy atom. The molecule has 8 heteroatoms. The van der Waals surface area contributed by atoms with Crippen LogP contribution >= 0.6 is 0 Å². The number of hydrogen-bond acceptors (Lipinski definition) is 7. The summed E-state index contributed by atoms with van der Waals surface area (Å²) in [6, 6.07) is 0.128. The fourth-order valence-electron chi connectivity index (χ4n) is 2.66. The second-order valence-corrected chi connectivity index (χ2v) is 5.40. The average Bonchev–Trinajstić information content (AvgIpc) is 3.20. The molecule has 1 aliphatic rings. The van der Waals surface area contributed by atoms with Gasteiger partial charge in [0.25, 0.3) is 0 Å². The number of anilines is 1. The van der Waals surface area contributed by atoms with E-state index in [1.54, 1.807) is 20.5 Å². The summed E-state index contributed by atoms with van der Waals surface area (Å²) in [7, 11) is 3.38. The molecule has 0 amide bonds. The quantitative estimate of drug-likeness (QED) is 0.581. The molecule has 124 valence electrons. The first-order valence-electron chi connectivity index (χ1n) is 7.60. The lowest BCUT2D eigenvalue weighted by Crippen LogP contribution is -2.10. The summed E-state index contributed by atoms with van der Waals surface area (Å²) in [4.78, 5) is 13.3. The Labute approximate surface area is 134 Å². The van der Waals surface area contributed by atoms with Crippen LogP contribution in [0.5, 0.6) is 5.88 Å². The number of nitrogens with zero attached hydrogens (tertiary/aromatic N) is 4. The summed E-state index contributed by atoms with van der Waals surface area (Å²) in [5, 5.41) is 12.2. The summed E-state index contributed by atoms with van der Waals surface area (Å²) in [5.41, 5.74) is 1.34. The van der Waals surface area contributed by atoms with Crippen molar-refractivity contribution >= 4 is 17.1 Å². The van der Waals surface area contributed by atoms with Gasteiger partial charge >= 0.3 is 0 Å². The van der Waals surface area contributed by atoms with Gasteiger partial charge in [-0.25, -0.2) is 4.98 Å². The summed E-state index contributed by atoms with van der Waals surface area (Å²) < 4.78 is 12.7. The van der Waals surface area contributed by atoms with Gasteiger partial charge in [-0.05, 0) is 6.42 Å². The van der Waals surface area contributed by atoms with Gasteiger partial charge in [0.1, 0.15) is 6.61 Å². The molecule has 0 saturated carbocycles. The molecule has 0 saturated heterocycles. The minimum Gasteiger partial charge on any atom is -0.474 e. The molecule has 2 aromatic heterocycles. The number of ether oxygens (including phenoxy) is 2. The number of rotatable bonds is 7. The maximum atomic E-state index is 9.30. The first kappa shape index (κ1) is 15.7. The Balaban J connectivity index is 1.95. The Hall–Kier alpha value is -2.19. The van der Waals surface area contributed by atoms with Crippen molar-refractivity contribution in [2.75, 3.05) is 39.3 Å². The van der Waals surface area contributed by atoms with Gasteiger partial charge in [-0.1, -0.05) is 12.2 Å². The van der Waals surface area contributed by atoms with Gasteiger partial charge in [-0.15, -0.1) is 0 Å². The van der Waals surface area contributed by atoms with E-state index in [1.807, 2.05) is 10.6 Å². The first-order chi connectivity index (χ1) is 11.3. The third kappa shape index (κ3) is 3.13. The van der Waals surface area contributed by atoms with Crippen molar-refractivity contribution in [3.8, 4) is 5.88 Å². The molecule has 2 heterocycles. The van der Waals surface area contributed by atoms with Gasteiger partial charge in [0.15, 0.2) is 11.2 Å². The lowest BCUT2D eigenvalue weighted by atomic mass is 10.1.